The van der Waals surface area contributed by atoms with Crippen LogP contribution in [0.4, 0.5) is 8.78 Å². The molecule has 0 radical (unpaired) electrons. The highest BCUT2D eigenvalue weighted by molar-refractivity contribution is 5.93. The molecule has 2 rings (SSSR count). The molecule has 1 aromatic heterocycles. The van der Waals surface area contributed by atoms with Gasteiger partial charge in [0.05, 0.1) is 18.7 Å². The number of rotatable bonds is 5. The Morgan fingerprint density at radius 1 is 1.56 bits per heavy atom. The highest BCUT2D eigenvalue weighted by Crippen LogP contribution is 2.31. The van der Waals surface area contributed by atoms with E-state index in [1.54, 1.807) is 6.07 Å². The summed E-state index contributed by atoms with van der Waals surface area (Å²) in [5.41, 5.74) is -0.355. The first kappa shape index (κ1) is 13.0. The molecule has 0 unspecified atom stereocenters. The van der Waals surface area contributed by atoms with Crippen LogP contribution in [0.3, 0.4) is 0 Å². The van der Waals surface area contributed by atoms with E-state index in [2.05, 4.69) is 5.32 Å². The molecule has 1 aliphatic rings. The van der Waals surface area contributed by atoms with E-state index in [1.165, 1.54) is 16.8 Å². The van der Waals surface area contributed by atoms with Crippen LogP contribution in [0.2, 0.25) is 0 Å². The fourth-order valence-electron chi connectivity index (χ4n) is 2.16. The molecule has 4 nitrogen and oxygen atoms in total. The lowest BCUT2D eigenvalue weighted by atomic mass is 9.77. The largest absolute Gasteiger partial charge is 0.394 e. The first-order valence-electron chi connectivity index (χ1n) is 5.93. The van der Waals surface area contributed by atoms with Gasteiger partial charge in [-0.3, -0.25) is 4.79 Å². The Kier molecular flexibility index (Phi) is 3.65. The molecule has 0 spiro atoms. The summed E-state index contributed by atoms with van der Waals surface area (Å²) in [6.45, 7) is -0.615. The van der Waals surface area contributed by atoms with Crippen LogP contribution in [-0.2, 0) is 6.54 Å². The van der Waals surface area contributed by atoms with E-state index in [0.717, 1.165) is 19.3 Å². The van der Waals surface area contributed by atoms with Crippen LogP contribution >= 0.6 is 0 Å². The number of nitrogens with one attached hydrogen (secondary N) is 1. The predicted octanol–water partition coefficient (Wildman–Crippen LogP) is 1.40. The number of halogens is 2. The second kappa shape index (κ2) is 5.06. The molecule has 2 N–H and O–H groups in total. The average molecular weight is 258 g/mol. The smallest absolute Gasteiger partial charge is 0.268 e. The maximum atomic E-state index is 12.3. The van der Waals surface area contributed by atoms with E-state index in [1.807, 2.05) is 0 Å². The van der Waals surface area contributed by atoms with Crippen LogP contribution in [-0.4, -0.2) is 34.2 Å². The van der Waals surface area contributed by atoms with E-state index in [-0.39, 0.29) is 12.3 Å². The summed E-state index contributed by atoms with van der Waals surface area (Å²) in [4.78, 5) is 12.0. The molecule has 1 fully saturated rings. The zero-order valence-corrected chi connectivity index (χ0v) is 9.90. The van der Waals surface area contributed by atoms with Crippen LogP contribution in [0.25, 0.3) is 0 Å². The molecule has 1 amide bonds. The van der Waals surface area contributed by atoms with Crippen molar-refractivity contribution in [3.05, 3.63) is 24.0 Å². The molecule has 1 saturated carbocycles. The summed E-state index contributed by atoms with van der Waals surface area (Å²) in [5.74, 6) is -0.408. The Balaban J connectivity index is 2.07. The second-order valence-electron chi connectivity index (χ2n) is 4.68. The van der Waals surface area contributed by atoms with E-state index >= 15 is 0 Å². The molecule has 0 aliphatic heterocycles. The fourth-order valence-corrected chi connectivity index (χ4v) is 2.16. The zero-order valence-electron chi connectivity index (χ0n) is 9.90. The number of nitrogens with zero attached hydrogens (tertiary/aromatic N) is 1. The normalized spacial score (nSPS) is 17.6. The van der Waals surface area contributed by atoms with E-state index < -0.39 is 24.4 Å². The van der Waals surface area contributed by atoms with Gasteiger partial charge in [0.2, 0.25) is 0 Å². The average Bonchev–Trinajstić information content (AvgIpc) is 2.70. The second-order valence-corrected chi connectivity index (χ2v) is 4.68. The number of aromatic nitrogens is 1. The molecule has 0 atom stereocenters. The summed E-state index contributed by atoms with van der Waals surface area (Å²) < 4.78 is 25.9. The van der Waals surface area contributed by atoms with Crippen molar-refractivity contribution in [2.45, 2.75) is 37.8 Å². The van der Waals surface area contributed by atoms with Crippen LogP contribution < -0.4 is 5.32 Å². The van der Waals surface area contributed by atoms with Gasteiger partial charge in [-0.1, -0.05) is 0 Å². The van der Waals surface area contributed by atoms with Crippen molar-refractivity contribution in [3.8, 4) is 0 Å². The number of amides is 1. The van der Waals surface area contributed by atoms with Gasteiger partial charge in [0.1, 0.15) is 5.69 Å². The third kappa shape index (κ3) is 2.53. The molecule has 1 aliphatic carbocycles. The maximum absolute atomic E-state index is 12.3. The van der Waals surface area contributed by atoms with Gasteiger partial charge in [-0.05, 0) is 31.4 Å². The highest BCUT2D eigenvalue weighted by atomic mass is 19.3. The highest BCUT2D eigenvalue weighted by Gasteiger charge is 2.38. The van der Waals surface area contributed by atoms with Crippen LogP contribution in [0.5, 0.6) is 0 Å². The Bertz CT molecular complexity index is 422. The van der Waals surface area contributed by atoms with Crippen LogP contribution in [0.15, 0.2) is 18.3 Å². The molecule has 100 valence electrons. The fraction of sp³-hybridized carbons (Fsp3) is 0.583. The SMILES string of the molecule is O=C(NC1(CO)CCC1)c1cccn1CC(F)F. The van der Waals surface area contributed by atoms with E-state index in [4.69, 9.17) is 0 Å². The van der Waals surface area contributed by atoms with Gasteiger partial charge >= 0.3 is 0 Å². The van der Waals surface area contributed by atoms with Gasteiger partial charge in [0.15, 0.2) is 0 Å². The summed E-state index contributed by atoms with van der Waals surface area (Å²) in [6.07, 6.45) is 1.36. The number of hydrogen-bond donors (Lipinski definition) is 2. The Morgan fingerprint density at radius 2 is 2.28 bits per heavy atom. The number of carbonyl (C=O) groups excluding carboxylic acids is 1. The molecular formula is C12H16F2N2O2. The minimum absolute atomic E-state index is 0.117. The standard InChI is InChI=1S/C12H16F2N2O2/c13-10(14)7-16-6-1-3-9(16)11(18)15-12(8-17)4-2-5-12/h1,3,6,10,17H,2,4-5,7-8H2,(H,15,18). The molecule has 1 aromatic rings. The van der Waals surface area contributed by atoms with Gasteiger partial charge < -0.3 is 15.0 Å². The first-order chi connectivity index (χ1) is 8.56. The Morgan fingerprint density at radius 3 is 2.78 bits per heavy atom. The molecule has 6 heteroatoms. The number of carbonyl (C=O) groups is 1. The third-order valence-electron chi connectivity index (χ3n) is 3.39. The van der Waals surface area contributed by atoms with Crippen LogP contribution in [0, 0.1) is 0 Å². The predicted molar refractivity (Wildman–Crippen MR) is 61.6 cm³/mol. The number of aliphatic hydroxyl groups is 1. The molecule has 1 heterocycles. The van der Waals surface area contributed by atoms with Gasteiger partial charge in [0, 0.05) is 6.20 Å². The van der Waals surface area contributed by atoms with E-state index in [9.17, 15) is 18.7 Å². The molecule has 18 heavy (non-hydrogen) atoms. The molecule has 0 bridgehead atoms. The zero-order chi connectivity index (χ0) is 13.2. The summed E-state index contributed by atoms with van der Waals surface area (Å²) in [5, 5.41) is 12.0. The lowest BCUT2D eigenvalue weighted by Crippen LogP contribution is -2.56. The van der Waals surface area contributed by atoms with Gasteiger partial charge in [-0.15, -0.1) is 0 Å². The quantitative estimate of drug-likeness (QED) is 0.838. The number of alkyl halides is 2. The van der Waals surface area contributed by atoms with Crippen molar-refractivity contribution in [1.29, 1.82) is 0 Å². The van der Waals surface area contributed by atoms with Crippen LogP contribution in [0.1, 0.15) is 29.8 Å². The van der Waals surface area contributed by atoms with Crippen molar-refractivity contribution in [3.63, 3.8) is 0 Å². The van der Waals surface area contributed by atoms with Crippen molar-refractivity contribution >= 4 is 5.91 Å². The lowest BCUT2D eigenvalue weighted by Gasteiger charge is -2.40. The summed E-state index contributed by atoms with van der Waals surface area (Å²) >= 11 is 0. The van der Waals surface area contributed by atoms with Crippen molar-refractivity contribution in [2.24, 2.45) is 0 Å². The van der Waals surface area contributed by atoms with Gasteiger partial charge in [0.25, 0.3) is 12.3 Å². The van der Waals surface area contributed by atoms with Crippen molar-refractivity contribution < 1.29 is 18.7 Å². The molecular weight excluding hydrogens is 242 g/mol. The molecule has 0 aromatic carbocycles. The third-order valence-corrected chi connectivity index (χ3v) is 3.39. The van der Waals surface area contributed by atoms with Crippen molar-refractivity contribution in [2.75, 3.05) is 6.61 Å². The lowest BCUT2D eigenvalue weighted by molar-refractivity contribution is 0.0628. The number of hydrogen-bond acceptors (Lipinski definition) is 2. The van der Waals surface area contributed by atoms with E-state index in [0.29, 0.717) is 0 Å². The Labute approximate surface area is 104 Å². The monoisotopic (exact) mass is 258 g/mol. The Hall–Kier alpha value is -1.43. The molecule has 0 saturated heterocycles. The van der Waals surface area contributed by atoms with Gasteiger partial charge in [-0.2, -0.15) is 0 Å². The maximum Gasteiger partial charge on any atom is 0.268 e. The summed E-state index contributed by atoms with van der Waals surface area (Å²) in [6, 6.07) is 3.06. The topological polar surface area (TPSA) is 54.3 Å². The minimum atomic E-state index is -2.50. The first-order valence-corrected chi connectivity index (χ1v) is 5.93. The minimum Gasteiger partial charge on any atom is -0.394 e. The van der Waals surface area contributed by atoms with Gasteiger partial charge in [-0.25, -0.2) is 8.78 Å². The van der Waals surface area contributed by atoms with Crippen molar-refractivity contribution in [1.82, 2.24) is 9.88 Å². The summed E-state index contributed by atoms with van der Waals surface area (Å²) in [7, 11) is 0. The number of aliphatic hydroxyl groups excluding tert-OH is 1.